The molecule has 0 aliphatic heterocycles. The highest BCUT2D eigenvalue weighted by atomic mass is 35.5. The third-order valence-corrected chi connectivity index (χ3v) is 3.16. The van der Waals surface area contributed by atoms with Crippen LogP contribution in [0.25, 0.3) is 0 Å². The topological polar surface area (TPSA) is 32.3 Å². The second-order valence-corrected chi connectivity index (χ2v) is 4.56. The fourth-order valence-corrected chi connectivity index (χ4v) is 2.31. The lowest BCUT2D eigenvalue weighted by Crippen LogP contribution is -2.33. The highest BCUT2D eigenvalue weighted by Gasteiger charge is 2.26. The second kappa shape index (κ2) is 5.56. The first-order valence-electron chi connectivity index (χ1n) is 5.19. The molecule has 0 bridgehead atoms. The van der Waals surface area contributed by atoms with Crippen molar-refractivity contribution in [2.24, 2.45) is 11.8 Å². The lowest BCUT2D eigenvalue weighted by Gasteiger charge is -2.28. The van der Waals surface area contributed by atoms with E-state index >= 15 is 0 Å². The van der Waals surface area contributed by atoms with Crippen LogP contribution in [0.2, 0.25) is 0 Å². The van der Waals surface area contributed by atoms with Crippen LogP contribution < -0.4 is 4.84 Å². The molecular weight excluding hydrogens is 200 g/mol. The molecule has 0 atom stereocenters. The van der Waals surface area contributed by atoms with Gasteiger partial charge in [-0.05, 0) is 43.4 Å². The molecule has 0 heterocycles. The normalized spacial score (nSPS) is 27.4. The molecule has 1 saturated carbocycles. The van der Waals surface area contributed by atoms with Crippen LogP contribution in [0, 0.1) is 11.8 Å². The van der Waals surface area contributed by atoms with Crippen LogP contribution in [0.4, 0.5) is 0 Å². The highest BCUT2D eigenvalue weighted by molar-refractivity contribution is 6.13. The molecule has 0 spiro atoms. The number of nitrogens with zero attached hydrogens (tertiary/aromatic N) is 1. The van der Waals surface area contributed by atoms with E-state index in [1.54, 1.807) is 4.90 Å². The molecule has 0 aromatic rings. The molecule has 0 saturated heterocycles. The molecule has 1 aliphatic carbocycles. The molecule has 3 nitrogen and oxygen atoms in total. The Kier molecular flexibility index (Phi) is 4.69. The first kappa shape index (κ1) is 11.8. The van der Waals surface area contributed by atoms with Crippen molar-refractivity contribution in [3.05, 3.63) is 0 Å². The highest BCUT2D eigenvalue weighted by Crippen LogP contribution is 2.29. The van der Waals surface area contributed by atoms with Crippen molar-refractivity contribution in [2.75, 3.05) is 20.6 Å². The molecule has 0 radical (unpaired) electrons. The molecule has 82 valence electrons. The van der Waals surface area contributed by atoms with Gasteiger partial charge in [0.15, 0.2) is 0 Å². The van der Waals surface area contributed by atoms with Crippen molar-refractivity contribution in [3.63, 3.8) is 0 Å². The summed E-state index contributed by atoms with van der Waals surface area (Å²) in [6, 6.07) is 0. The van der Waals surface area contributed by atoms with Crippen LogP contribution >= 0.6 is 11.8 Å². The first-order chi connectivity index (χ1) is 6.65. The van der Waals surface area contributed by atoms with Crippen LogP contribution in [0.5, 0.6) is 0 Å². The van der Waals surface area contributed by atoms with Gasteiger partial charge in [-0.3, -0.25) is 4.79 Å². The van der Waals surface area contributed by atoms with Crippen molar-refractivity contribution in [2.45, 2.75) is 25.7 Å². The third kappa shape index (κ3) is 3.14. The zero-order valence-electron chi connectivity index (χ0n) is 8.92. The van der Waals surface area contributed by atoms with Crippen LogP contribution in [0.1, 0.15) is 25.7 Å². The fourth-order valence-electron chi connectivity index (χ4n) is 2.09. The van der Waals surface area contributed by atoms with Gasteiger partial charge in [0.1, 0.15) is 0 Å². The summed E-state index contributed by atoms with van der Waals surface area (Å²) < 4.78 is 0. The van der Waals surface area contributed by atoms with Gasteiger partial charge in [0.2, 0.25) is 5.91 Å². The Morgan fingerprint density at radius 3 is 2.36 bits per heavy atom. The smallest absolute Gasteiger partial charge is 0.225 e. The van der Waals surface area contributed by atoms with Crippen molar-refractivity contribution in [1.29, 1.82) is 0 Å². The van der Waals surface area contributed by atoms with Crippen molar-refractivity contribution in [1.82, 2.24) is 9.74 Å². The zero-order chi connectivity index (χ0) is 10.6. The molecule has 1 amide bonds. The number of rotatable bonds is 3. The monoisotopic (exact) mass is 218 g/mol. The molecule has 1 aliphatic rings. The van der Waals surface area contributed by atoms with Gasteiger partial charge in [-0.15, -0.1) is 0 Å². The Labute approximate surface area is 90.9 Å². The largest absolute Gasteiger partial charge is 0.349 e. The van der Waals surface area contributed by atoms with E-state index in [0.29, 0.717) is 5.92 Å². The van der Waals surface area contributed by atoms with E-state index in [1.165, 1.54) is 0 Å². The van der Waals surface area contributed by atoms with Gasteiger partial charge in [-0.2, -0.15) is 0 Å². The van der Waals surface area contributed by atoms with Gasteiger partial charge in [-0.25, -0.2) is 4.84 Å². The molecule has 0 aromatic carbocycles. The fraction of sp³-hybridized carbons (Fsp3) is 0.900. The lowest BCUT2D eigenvalue weighted by atomic mass is 9.81. The van der Waals surface area contributed by atoms with E-state index in [9.17, 15) is 4.79 Å². The van der Waals surface area contributed by atoms with Crippen molar-refractivity contribution < 1.29 is 4.79 Å². The SMILES string of the molecule is CN(C)C(=O)[C@H]1CC[C@H](CNCl)CC1. The van der Waals surface area contributed by atoms with Crippen LogP contribution in [0.3, 0.4) is 0 Å². The summed E-state index contributed by atoms with van der Waals surface area (Å²) in [5.41, 5.74) is 0. The van der Waals surface area contributed by atoms with Crippen molar-refractivity contribution >= 4 is 17.7 Å². The molecule has 14 heavy (non-hydrogen) atoms. The van der Waals surface area contributed by atoms with E-state index in [0.717, 1.165) is 32.2 Å². The van der Waals surface area contributed by atoms with Gasteiger partial charge >= 0.3 is 0 Å². The van der Waals surface area contributed by atoms with Crippen molar-refractivity contribution in [3.8, 4) is 0 Å². The maximum Gasteiger partial charge on any atom is 0.225 e. The number of carbonyl (C=O) groups excluding carboxylic acids is 1. The van der Waals surface area contributed by atoms with E-state index in [1.807, 2.05) is 14.1 Å². The number of amides is 1. The van der Waals surface area contributed by atoms with Crippen LogP contribution in [-0.2, 0) is 4.79 Å². The van der Waals surface area contributed by atoms with Gasteiger partial charge in [-0.1, -0.05) is 0 Å². The minimum absolute atomic E-state index is 0.247. The summed E-state index contributed by atoms with van der Waals surface area (Å²) in [6.07, 6.45) is 4.26. The molecule has 1 rings (SSSR count). The van der Waals surface area contributed by atoms with E-state index < -0.39 is 0 Å². The number of carbonyl (C=O) groups is 1. The number of halogens is 1. The van der Waals surface area contributed by atoms with E-state index in [4.69, 9.17) is 11.8 Å². The average molecular weight is 219 g/mol. The third-order valence-electron chi connectivity index (χ3n) is 3.00. The minimum Gasteiger partial charge on any atom is -0.349 e. The lowest BCUT2D eigenvalue weighted by molar-refractivity contribution is -0.134. The number of hydrogen-bond donors (Lipinski definition) is 1. The molecule has 4 heteroatoms. The summed E-state index contributed by atoms with van der Waals surface area (Å²) in [4.78, 5) is 16.0. The predicted octanol–water partition coefficient (Wildman–Crippen LogP) is 1.62. The summed E-state index contributed by atoms with van der Waals surface area (Å²) in [5.74, 6) is 1.18. The standard InChI is InChI=1S/C10H19ClN2O/c1-13(2)10(14)9-5-3-8(4-6-9)7-12-11/h8-9,12H,3-7H2,1-2H3/t8-,9-. The predicted molar refractivity (Wildman–Crippen MR) is 58.0 cm³/mol. The van der Waals surface area contributed by atoms with Gasteiger partial charge in [0, 0.05) is 26.6 Å². The second-order valence-electron chi connectivity index (χ2n) is 4.29. The molecule has 1 fully saturated rings. The molecule has 0 aromatic heterocycles. The quantitative estimate of drug-likeness (QED) is 0.731. The average Bonchev–Trinajstić information content (AvgIpc) is 2.18. The first-order valence-corrected chi connectivity index (χ1v) is 5.57. The molecule has 1 N–H and O–H groups in total. The van der Waals surface area contributed by atoms with Crippen LogP contribution in [-0.4, -0.2) is 31.4 Å². The number of nitrogens with one attached hydrogen (secondary N) is 1. The van der Waals surface area contributed by atoms with E-state index in [-0.39, 0.29) is 11.8 Å². The van der Waals surface area contributed by atoms with E-state index in [2.05, 4.69) is 4.84 Å². The molecule has 0 unspecified atom stereocenters. The summed E-state index contributed by atoms with van der Waals surface area (Å²) >= 11 is 5.46. The van der Waals surface area contributed by atoms with Gasteiger partial charge in [0.05, 0.1) is 0 Å². The molecular formula is C10H19ClN2O. The van der Waals surface area contributed by atoms with Gasteiger partial charge in [0.25, 0.3) is 0 Å². The number of hydrogen-bond acceptors (Lipinski definition) is 2. The Morgan fingerprint density at radius 2 is 1.93 bits per heavy atom. The Bertz CT molecular complexity index is 189. The summed E-state index contributed by atoms with van der Waals surface area (Å²) in [5, 5.41) is 0. The zero-order valence-corrected chi connectivity index (χ0v) is 9.68. The Hall–Kier alpha value is -0.280. The summed E-state index contributed by atoms with van der Waals surface area (Å²) in [6.45, 7) is 0.866. The Morgan fingerprint density at radius 1 is 1.36 bits per heavy atom. The minimum atomic E-state index is 0.247. The Balaban J connectivity index is 2.32. The maximum absolute atomic E-state index is 11.6. The summed E-state index contributed by atoms with van der Waals surface area (Å²) in [7, 11) is 3.66. The maximum atomic E-state index is 11.6. The van der Waals surface area contributed by atoms with Gasteiger partial charge < -0.3 is 4.90 Å². The van der Waals surface area contributed by atoms with Crippen LogP contribution in [0.15, 0.2) is 0 Å².